The Hall–Kier alpha value is -9.96. The summed E-state index contributed by atoms with van der Waals surface area (Å²) in [6.07, 6.45) is -42.6. The van der Waals surface area contributed by atoms with Crippen LogP contribution in [0.2, 0.25) is 0 Å². The van der Waals surface area contributed by atoms with E-state index in [4.69, 9.17) is 16.7 Å². The molecular formula is C69H40F24O18S8. The molecule has 10 aromatic rings. The summed E-state index contributed by atoms with van der Waals surface area (Å²) in [5.74, 6) is -1.99. The van der Waals surface area contributed by atoms with Gasteiger partial charge in [0.25, 0.3) is 0 Å². The fourth-order valence-electron chi connectivity index (χ4n) is 9.61. The topological polar surface area (TPSA) is 288 Å². The van der Waals surface area contributed by atoms with E-state index in [2.05, 4.69) is 0 Å². The molecule has 0 saturated carbocycles. The van der Waals surface area contributed by atoms with Crippen LogP contribution in [0.25, 0.3) is 0 Å². The average Bonchev–Trinajstić information content (AvgIpc) is 0.791. The third kappa shape index (κ3) is 26.0. The van der Waals surface area contributed by atoms with Crippen LogP contribution in [0.4, 0.5) is 105 Å². The van der Waals surface area contributed by atoms with Gasteiger partial charge in [-0.25, -0.2) is 16.8 Å². The van der Waals surface area contributed by atoms with E-state index in [0.717, 1.165) is 48.5 Å². The van der Waals surface area contributed by atoms with E-state index >= 15 is 0 Å². The SMILES string of the molecule is O=S(=O)(Oc1ccc([S+](c2ccccc2)c2ccc(OS(=O)(=O)c3cc(C(F)(F)F)cc(C(F)(F)F)c3)cc2)cc1)c1cc(C(F)(F)F)cc(C(F)(F)F)c1.O=S(=O)(Oc1ccc([S+](c2ccccc2)c2ccc(OS(=O)(=O)c3cc(C(F)(F)F)cc(C(F)(F)F)c3)cc2)cc1)c1cc(C(F)(F)F)cc(C(F)(F)F)c1.O=S(=O)([O-])CS(=O)(=O)[O-]. The monoisotopic (exact) mass is 1870 g/mol. The van der Waals surface area contributed by atoms with Gasteiger partial charge in [0.1, 0.15) is 67.9 Å². The van der Waals surface area contributed by atoms with Gasteiger partial charge in [-0.3, -0.25) is 0 Å². The van der Waals surface area contributed by atoms with Gasteiger partial charge in [-0.2, -0.15) is 139 Å². The van der Waals surface area contributed by atoms with Crippen molar-refractivity contribution in [2.24, 2.45) is 0 Å². The van der Waals surface area contributed by atoms with Crippen LogP contribution >= 0.6 is 0 Å². The summed E-state index contributed by atoms with van der Waals surface area (Å²) in [6.45, 7) is 0. The van der Waals surface area contributed by atoms with Crippen molar-refractivity contribution < 1.29 is 182 Å². The summed E-state index contributed by atoms with van der Waals surface area (Å²) in [4.78, 5) is -2.78. The predicted molar refractivity (Wildman–Crippen MR) is 364 cm³/mol. The zero-order valence-electron chi connectivity index (χ0n) is 57.3. The minimum Gasteiger partial charge on any atom is -0.747 e. The van der Waals surface area contributed by atoms with E-state index in [0.29, 0.717) is 29.4 Å². The summed E-state index contributed by atoms with van der Waals surface area (Å²) in [5, 5.41) is -1.88. The molecule has 0 spiro atoms. The molecule has 0 aliphatic heterocycles. The lowest BCUT2D eigenvalue weighted by Crippen LogP contribution is -2.16. The molecular weight excluding hydrogens is 1830 g/mol. The number of rotatable bonds is 20. The highest BCUT2D eigenvalue weighted by Gasteiger charge is 2.44. The van der Waals surface area contributed by atoms with Crippen LogP contribution in [0.1, 0.15) is 44.5 Å². The molecule has 0 fully saturated rings. The van der Waals surface area contributed by atoms with E-state index in [9.17, 15) is 165 Å². The summed E-state index contributed by atoms with van der Waals surface area (Å²) in [7, 11) is -33.1. The van der Waals surface area contributed by atoms with Gasteiger partial charge >= 0.3 is 89.9 Å². The minimum atomic E-state index is -5.33. The Labute approximate surface area is 661 Å². The molecule has 0 aliphatic carbocycles. The fraction of sp³-hybridized carbons (Fsp3) is 0.130. The van der Waals surface area contributed by atoms with Crippen molar-refractivity contribution in [3.8, 4) is 23.0 Å². The maximum absolute atomic E-state index is 13.3. The highest BCUT2D eigenvalue weighted by atomic mass is 32.3. The Bertz CT molecular complexity index is 5260. The zero-order chi connectivity index (χ0) is 89.3. The van der Waals surface area contributed by atoms with Crippen LogP contribution in [0.5, 0.6) is 23.0 Å². The van der Waals surface area contributed by atoms with E-state index in [1.807, 2.05) is 0 Å². The number of hydrogen-bond donors (Lipinski definition) is 0. The lowest BCUT2D eigenvalue weighted by atomic mass is 10.1. The first-order valence-electron chi connectivity index (χ1n) is 31.0. The van der Waals surface area contributed by atoms with Gasteiger partial charge in [-0.05, 0) is 194 Å². The van der Waals surface area contributed by atoms with Crippen molar-refractivity contribution in [2.75, 3.05) is 5.08 Å². The molecule has 0 unspecified atom stereocenters. The third-order valence-electron chi connectivity index (χ3n) is 14.7. The van der Waals surface area contributed by atoms with Crippen LogP contribution in [-0.4, -0.2) is 64.7 Å². The molecule has 0 radical (unpaired) electrons. The van der Waals surface area contributed by atoms with Crippen molar-refractivity contribution >= 4 is 82.5 Å². The van der Waals surface area contributed by atoms with Crippen LogP contribution in [0.15, 0.2) is 279 Å². The maximum atomic E-state index is 13.3. The molecule has 10 aromatic carbocycles. The van der Waals surface area contributed by atoms with E-state index < -0.39 is 224 Å². The maximum Gasteiger partial charge on any atom is 0.416 e. The van der Waals surface area contributed by atoms with Gasteiger partial charge < -0.3 is 25.8 Å². The number of hydrogen-bond acceptors (Lipinski definition) is 18. The Morgan fingerprint density at radius 3 is 0.487 bits per heavy atom. The van der Waals surface area contributed by atoms with Gasteiger partial charge in [0.15, 0.2) is 29.4 Å². The Morgan fingerprint density at radius 2 is 0.361 bits per heavy atom. The van der Waals surface area contributed by atoms with Gasteiger partial charge in [0.05, 0.1) is 66.3 Å². The molecule has 18 nitrogen and oxygen atoms in total. The van der Waals surface area contributed by atoms with Crippen LogP contribution < -0.4 is 16.7 Å². The highest BCUT2D eigenvalue weighted by molar-refractivity contribution is 8.02. The summed E-state index contributed by atoms with van der Waals surface area (Å²) in [6, 6.07) is 34.7. The van der Waals surface area contributed by atoms with Gasteiger partial charge in [-0.1, -0.05) is 36.4 Å². The predicted octanol–water partition coefficient (Wildman–Crippen LogP) is 18.8. The molecule has 119 heavy (non-hydrogen) atoms. The van der Waals surface area contributed by atoms with Gasteiger partial charge in [0.2, 0.25) is 0 Å². The highest BCUT2D eigenvalue weighted by Crippen LogP contribution is 2.45. The zero-order valence-corrected chi connectivity index (χ0v) is 63.9. The largest absolute Gasteiger partial charge is 0.747 e. The van der Waals surface area contributed by atoms with Gasteiger partial charge in [-0.15, -0.1) is 0 Å². The van der Waals surface area contributed by atoms with Crippen LogP contribution in [0.3, 0.4) is 0 Å². The Kier molecular flexibility index (Phi) is 27.5. The summed E-state index contributed by atoms with van der Waals surface area (Å²) < 4.78 is 499. The van der Waals surface area contributed by atoms with Crippen molar-refractivity contribution in [1.29, 1.82) is 0 Å². The first kappa shape index (κ1) is 94.5. The van der Waals surface area contributed by atoms with Gasteiger partial charge in [0, 0.05) is 0 Å². The van der Waals surface area contributed by atoms with Crippen molar-refractivity contribution in [1.82, 2.24) is 0 Å². The second kappa shape index (κ2) is 34.6. The first-order valence-corrected chi connectivity index (χ1v) is 42.2. The second-order valence-corrected chi connectivity index (χ2v) is 36.9. The van der Waals surface area contributed by atoms with Crippen LogP contribution in [0, 0.1) is 0 Å². The molecule has 0 amide bonds. The van der Waals surface area contributed by atoms with Crippen molar-refractivity contribution in [3.63, 3.8) is 0 Å². The first-order chi connectivity index (χ1) is 54.2. The lowest BCUT2D eigenvalue weighted by Gasteiger charge is -2.15. The van der Waals surface area contributed by atoms with E-state index in [-0.39, 0.29) is 72.8 Å². The number of benzene rings is 10. The van der Waals surface area contributed by atoms with E-state index in [1.165, 1.54) is 48.5 Å². The molecule has 0 aliphatic rings. The smallest absolute Gasteiger partial charge is 0.416 e. The van der Waals surface area contributed by atoms with E-state index in [1.54, 1.807) is 60.7 Å². The Balaban J connectivity index is 0.000000268. The Morgan fingerprint density at radius 1 is 0.218 bits per heavy atom. The number of alkyl halides is 24. The molecule has 0 aromatic heterocycles. The summed E-state index contributed by atoms with van der Waals surface area (Å²) >= 11 is 0. The quantitative estimate of drug-likeness (QED) is 0.0296. The molecule has 640 valence electrons. The average molecular weight is 1870 g/mol. The third-order valence-corrected chi connectivity index (χ3v) is 26.4. The molecule has 10 rings (SSSR count). The lowest BCUT2D eigenvalue weighted by molar-refractivity contribution is -0.145. The summed E-state index contributed by atoms with van der Waals surface area (Å²) in [5.41, 5.74) is -15.1. The molecule has 0 N–H and O–H groups in total. The minimum absolute atomic E-state index is 0.0101. The molecule has 0 heterocycles. The normalized spacial score (nSPS) is 13.2. The second-order valence-electron chi connectivity index (χ2n) is 23.5. The number of halogens is 24. The molecule has 0 bridgehead atoms. The molecule has 0 saturated heterocycles. The molecule has 0 atom stereocenters. The van der Waals surface area contributed by atoms with Crippen molar-refractivity contribution in [3.05, 3.63) is 275 Å². The van der Waals surface area contributed by atoms with Crippen LogP contribution in [-0.2, 0) is 132 Å². The standard InChI is InChI=1S/2C34H19F12O6S3.CH4O6S2/c2*35-31(36,37)20-14-21(32(38,39)40)17-29(16-20)54(47,48)51-24-6-10-27(11-7-24)53(26-4-2-1-3-5-26)28-12-8-25(9-13-28)52-55(49,50)30-18-22(33(41,42)43)15-23(19-30)34(44,45)46;2-8(3,4)1-9(5,6)7/h2*1-19H;1H2,(H,2,3,4)(H,5,6,7)/q2*+1;/p-2. The van der Waals surface area contributed by atoms with Crippen molar-refractivity contribution in [2.45, 2.75) is 98.4 Å². The molecule has 50 heteroatoms. The fourth-order valence-corrected chi connectivity index (χ4v) is 19.2.